The number of aliphatic hydroxyl groups is 2. The first-order chi connectivity index (χ1) is 14.1. The molecule has 2 heterocycles. The van der Waals surface area contributed by atoms with Crippen molar-refractivity contribution in [1.29, 1.82) is 0 Å². The van der Waals surface area contributed by atoms with Crippen LogP contribution >= 0.6 is 7.82 Å². The molecule has 1 aromatic carbocycles. The van der Waals surface area contributed by atoms with Gasteiger partial charge in [0.25, 0.3) is 5.56 Å². The number of hydrogen-bond donors (Lipinski definition) is 4. The number of phosphoric acid groups is 1. The standard InChI is InChI=1S/C18H23N2O9P/c1-11-3-2-4-12(9-11)5-7-19-14(21)6-8-20(18(19)24)17-16(23)15(22)13(29-17)10-28-30(25,26)27/h2-4,6,8-9,13,15-17,22-23H,5,7,10H2,1H3,(H2,25,26,27)/t13-,15+,16?,17-/m1/s1. The van der Waals surface area contributed by atoms with Crippen molar-refractivity contribution in [1.82, 2.24) is 9.13 Å². The molecule has 1 fully saturated rings. The Hall–Kier alpha value is -2.11. The van der Waals surface area contributed by atoms with Crippen LogP contribution in [0.4, 0.5) is 0 Å². The predicted octanol–water partition coefficient (Wildman–Crippen LogP) is -0.710. The lowest BCUT2D eigenvalue weighted by Crippen LogP contribution is -2.43. The Morgan fingerprint density at radius 3 is 2.57 bits per heavy atom. The summed E-state index contributed by atoms with van der Waals surface area (Å²) in [6.45, 7) is 1.33. The average Bonchev–Trinajstić information content (AvgIpc) is 2.94. The minimum Gasteiger partial charge on any atom is -0.387 e. The zero-order valence-electron chi connectivity index (χ0n) is 16.1. The summed E-state index contributed by atoms with van der Waals surface area (Å²) in [6.07, 6.45) is -4.20. The molecule has 0 aliphatic carbocycles. The van der Waals surface area contributed by atoms with E-state index in [-0.39, 0.29) is 6.54 Å². The zero-order valence-corrected chi connectivity index (χ0v) is 17.0. The minimum atomic E-state index is -4.81. The van der Waals surface area contributed by atoms with Gasteiger partial charge in [0.05, 0.1) is 6.61 Å². The molecule has 11 nitrogen and oxygen atoms in total. The maximum Gasteiger partial charge on any atom is 0.469 e. The van der Waals surface area contributed by atoms with Gasteiger partial charge in [0.15, 0.2) is 6.23 Å². The third-order valence-corrected chi connectivity index (χ3v) is 5.31. The quantitative estimate of drug-likeness (QED) is 0.406. The number of phosphoric ester groups is 1. The number of aromatic nitrogens is 2. The van der Waals surface area contributed by atoms with Gasteiger partial charge in [0, 0.05) is 18.8 Å². The Balaban J connectivity index is 1.81. The summed E-state index contributed by atoms with van der Waals surface area (Å²) in [7, 11) is -4.81. The van der Waals surface area contributed by atoms with Crippen LogP contribution in [0.3, 0.4) is 0 Å². The smallest absolute Gasteiger partial charge is 0.387 e. The Labute approximate surface area is 171 Å². The summed E-state index contributed by atoms with van der Waals surface area (Å²) in [5, 5.41) is 20.3. The van der Waals surface area contributed by atoms with Crippen LogP contribution < -0.4 is 11.2 Å². The molecule has 0 bridgehead atoms. The number of nitrogens with zero attached hydrogens (tertiary/aromatic N) is 2. The highest BCUT2D eigenvalue weighted by molar-refractivity contribution is 7.46. The molecule has 0 saturated carbocycles. The lowest BCUT2D eigenvalue weighted by atomic mass is 10.1. The van der Waals surface area contributed by atoms with E-state index >= 15 is 0 Å². The molecule has 0 radical (unpaired) electrons. The van der Waals surface area contributed by atoms with Gasteiger partial charge in [0.2, 0.25) is 0 Å². The van der Waals surface area contributed by atoms with E-state index in [0.29, 0.717) is 6.42 Å². The molecule has 1 unspecified atom stereocenters. The van der Waals surface area contributed by atoms with Crippen molar-refractivity contribution in [2.75, 3.05) is 6.61 Å². The van der Waals surface area contributed by atoms with Gasteiger partial charge in [-0.2, -0.15) is 0 Å². The monoisotopic (exact) mass is 442 g/mol. The highest BCUT2D eigenvalue weighted by atomic mass is 31.2. The van der Waals surface area contributed by atoms with Crippen molar-refractivity contribution >= 4 is 7.82 Å². The Kier molecular flexibility index (Phi) is 6.73. The van der Waals surface area contributed by atoms with Crippen molar-refractivity contribution in [3.8, 4) is 0 Å². The van der Waals surface area contributed by atoms with Crippen LogP contribution in [-0.2, 0) is 26.8 Å². The molecular weight excluding hydrogens is 419 g/mol. The van der Waals surface area contributed by atoms with Gasteiger partial charge in [-0.05, 0) is 18.9 Å². The number of benzene rings is 1. The van der Waals surface area contributed by atoms with E-state index in [9.17, 15) is 24.4 Å². The van der Waals surface area contributed by atoms with E-state index in [0.717, 1.165) is 32.5 Å². The molecular formula is C18H23N2O9P. The predicted molar refractivity (Wildman–Crippen MR) is 104 cm³/mol. The molecule has 1 aliphatic rings. The number of aryl methyl sites for hydroxylation is 2. The fourth-order valence-corrected chi connectivity index (χ4v) is 3.65. The first-order valence-electron chi connectivity index (χ1n) is 9.16. The van der Waals surface area contributed by atoms with Gasteiger partial charge in [-0.15, -0.1) is 0 Å². The van der Waals surface area contributed by atoms with E-state index in [1.807, 2.05) is 31.2 Å². The van der Waals surface area contributed by atoms with E-state index in [4.69, 9.17) is 14.5 Å². The second kappa shape index (κ2) is 8.94. The third kappa shape index (κ3) is 5.13. The van der Waals surface area contributed by atoms with Crippen molar-refractivity contribution in [3.05, 3.63) is 68.5 Å². The highest BCUT2D eigenvalue weighted by Gasteiger charge is 2.45. The largest absolute Gasteiger partial charge is 0.469 e. The second-order valence-corrected chi connectivity index (χ2v) is 8.31. The maximum atomic E-state index is 12.8. The van der Waals surface area contributed by atoms with Crippen molar-refractivity contribution in [2.24, 2.45) is 0 Å². The molecule has 12 heteroatoms. The third-order valence-electron chi connectivity index (χ3n) is 4.82. The Bertz CT molecular complexity index is 1060. The molecule has 4 N–H and O–H groups in total. The molecule has 0 spiro atoms. The van der Waals surface area contributed by atoms with Crippen molar-refractivity contribution in [3.63, 3.8) is 0 Å². The Morgan fingerprint density at radius 1 is 1.17 bits per heavy atom. The summed E-state index contributed by atoms with van der Waals surface area (Å²) in [4.78, 5) is 42.6. The van der Waals surface area contributed by atoms with Crippen LogP contribution in [0, 0.1) is 6.92 Å². The molecule has 1 aliphatic heterocycles. The molecule has 3 rings (SSSR count). The fraction of sp³-hybridized carbons (Fsp3) is 0.444. The van der Waals surface area contributed by atoms with Crippen molar-refractivity contribution < 1.29 is 33.8 Å². The lowest BCUT2D eigenvalue weighted by molar-refractivity contribution is -0.0548. The molecule has 0 amide bonds. The number of rotatable bonds is 7. The number of ether oxygens (including phenoxy) is 1. The van der Waals surface area contributed by atoms with Crippen molar-refractivity contribution in [2.45, 2.75) is 44.4 Å². The fourth-order valence-electron chi connectivity index (χ4n) is 3.31. The SMILES string of the molecule is Cc1cccc(CCn2c(=O)ccn([C@@H]3O[C@H](COP(=O)(O)O)[C@H](O)C3O)c2=O)c1. The van der Waals surface area contributed by atoms with E-state index in [1.54, 1.807) is 0 Å². The van der Waals surface area contributed by atoms with E-state index < -0.39 is 50.2 Å². The summed E-state index contributed by atoms with van der Waals surface area (Å²) < 4.78 is 22.5. The van der Waals surface area contributed by atoms with Crippen LogP contribution in [0.15, 0.2) is 46.1 Å². The molecule has 2 aromatic rings. The average molecular weight is 442 g/mol. The number of aliphatic hydroxyl groups excluding tert-OH is 2. The van der Waals surface area contributed by atoms with Gasteiger partial charge in [-0.25, -0.2) is 9.36 Å². The molecule has 164 valence electrons. The normalized spacial score (nSPS) is 24.3. The van der Waals surface area contributed by atoms with Crippen LogP contribution in [0.1, 0.15) is 17.4 Å². The molecule has 30 heavy (non-hydrogen) atoms. The van der Waals surface area contributed by atoms with Gasteiger partial charge in [-0.3, -0.25) is 18.5 Å². The molecule has 4 atom stereocenters. The Morgan fingerprint density at radius 2 is 1.90 bits per heavy atom. The van der Waals surface area contributed by atoms with Gasteiger partial charge in [0.1, 0.15) is 18.3 Å². The maximum absolute atomic E-state index is 12.8. The first-order valence-corrected chi connectivity index (χ1v) is 10.7. The van der Waals surface area contributed by atoms with Crippen LogP contribution in [0.5, 0.6) is 0 Å². The highest BCUT2D eigenvalue weighted by Crippen LogP contribution is 2.38. The summed E-state index contributed by atoms with van der Waals surface area (Å²) >= 11 is 0. The van der Waals surface area contributed by atoms with E-state index in [2.05, 4.69) is 4.52 Å². The molecule has 1 saturated heterocycles. The first kappa shape index (κ1) is 22.6. The van der Waals surface area contributed by atoms with Crippen LogP contribution in [-0.4, -0.2) is 54.1 Å². The van der Waals surface area contributed by atoms with Gasteiger partial charge >= 0.3 is 13.5 Å². The van der Waals surface area contributed by atoms with Crippen LogP contribution in [0.2, 0.25) is 0 Å². The lowest BCUT2D eigenvalue weighted by Gasteiger charge is -2.19. The summed E-state index contributed by atoms with van der Waals surface area (Å²) in [5.74, 6) is 0. The van der Waals surface area contributed by atoms with Gasteiger partial charge < -0.3 is 24.7 Å². The minimum absolute atomic E-state index is 0.0953. The summed E-state index contributed by atoms with van der Waals surface area (Å²) in [6, 6.07) is 8.77. The summed E-state index contributed by atoms with van der Waals surface area (Å²) in [5.41, 5.74) is 0.713. The number of hydrogen-bond acceptors (Lipinski definition) is 7. The van der Waals surface area contributed by atoms with E-state index in [1.165, 1.54) is 0 Å². The van der Waals surface area contributed by atoms with Gasteiger partial charge in [-0.1, -0.05) is 29.8 Å². The molecule has 1 aromatic heterocycles. The topological polar surface area (TPSA) is 160 Å². The second-order valence-electron chi connectivity index (χ2n) is 7.07. The zero-order chi connectivity index (χ0) is 22.1. The van der Waals surface area contributed by atoms with Crippen LogP contribution in [0.25, 0.3) is 0 Å².